The van der Waals surface area contributed by atoms with Gasteiger partial charge in [0.2, 0.25) is 0 Å². The van der Waals surface area contributed by atoms with Crippen molar-refractivity contribution in [1.29, 1.82) is 0 Å². The summed E-state index contributed by atoms with van der Waals surface area (Å²) in [6, 6.07) is 2.86. The lowest BCUT2D eigenvalue weighted by Gasteiger charge is -2.26. The first-order valence-corrected chi connectivity index (χ1v) is 6.65. The number of hydrogen-bond donors (Lipinski definition) is 2. The van der Waals surface area contributed by atoms with Crippen molar-refractivity contribution in [2.75, 3.05) is 6.61 Å². The van der Waals surface area contributed by atoms with Crippen LogP contribution in [0.1, 0.15) is 17.5 Å². The molecule has 1 aromatic rings. The summed E-state index contributed by atoms with van der Waals surface area (Å²) in [5.74, 6) is -3.42. The van der Waals surface area contributed by atoms with E-state index in [9.17, 15) is 23.1 Å². The van der Waals surface area contributed by atoms with Crippen molar-refractivity contribution in [3.63, 3.8) is 0 Å². The summed E-state index contributed by atoms with van der Waals surface area (Å²) in [7, 11) is 0. The first kappa shape index (κ1) is 16.6. The molecule has 1 atom stereocenters. The van der Waals surface area contributed by atoms with E-state index in [2.05, 4.69) is 0 Å². The second kappa shape index (κ2) is 6.18. The molecule has 1 heterocycles. The standard InChI is InChI=1S/C14H12ClF3O4/c15-10-2-7-1-9(6-22-13(7)8(3-10)5-19)11(4-12(20)21)14(16,17)18/h1-3,11,19H,4-6H2,(H,20,21). The molecule has 0 fully saturated rings. The molecule has 4 nitrogen and oxygen atoms in total. The first-order valence-electron chi connectivity index (χ1n) is 6.27. The lowest BCUT2D eigenvalue weighted by molar-refractivity contribution is -0.174. The quantitative estimate of drug-likeness (QED) is 0.885. The van der Waals surface area contributed by atoms with Crippen LogP contribution in [-0.2, 0) is 11.4 Å². The molecule has 0 saturated carbocycles. The monoisotopic (exact) mass is 336 g/mol. The van der Waals surface area contributed by atoms with Gasteiger partial charge < -0.3 is 14.9 Å². The van der Waals surface area contributed by atoms with E-state index < -0.39 is 24.5 Å². The highest BCUT2D eigenvalue weighted by atomic mass is 35.5. The second-order valence-electron chi connectivity index (χ2n) is 4.84. The van der Waals surface area contributed by atoms with Gasteiger partial charge in [-0.3, -0.25) is 4.79 Å². The summed E-state index contributed by atoms with van der Waals surface area (Å²) >= 11 is 5.85. The smallest absolute Gasteiger partial charge is 0.396 e. The molecule has 0 aromatic heterocycles. The molecule has 0 amide bonds. The molecule has 120 valence electrons. The van der Waals surface area contributed by atoms with E-state index in [0.29, 0.717) is 5.56 Å². The van der Waals surface area contributed by atoms with Crippen LogP contribution in [0.5, 0.6) is 5.75 Å². The van der Waals surface area contributed by atoms with E-state index in [-0.39, 0.29) is 35.1 Å². The molecule has 0 saturated heterocycles. The normalized spacial score (nSPS) is 15.6. The molecule has 2 rings (SSSR count). The van der Waals surface area contributed by atoms with Crippen molar-refractivity contribution in [2.24, 2.45) is 5.92 Å². The van der Waals surface area contributed by atoms with Gasteiger partial charge in [0, 0.05) is 16.1 Å². The maximum atomic E-state index is 13.0. The van der Waals surface area contributed by atoms with Crippen molar-refractivity contribution >= 4 is 23.6 Å². The molecule has 1 aromatic carbocycles. The molecular weight excluding hydrogens is 325 g/mol. The van der Waals surface area contributed by atoms with Crippen LogP contribution >= 0.6 is 11.6 Å². The SMILES string of the molecule is O=C(O)CC(C1=Cc2cc(Cl)cc(CO)c2OC1)C(F)(F)F. The number of aliphatic hydroxyl groups is 1. The zero-order chi connectivity index (χ0) is 16.5. The Morgan fingerprint density at radius 2 is 2.09 bits per heavy atom. The predicted molar refractivity (Wildman–Crippen MR) is 72.6 cm³/mol. The maximum Gasteiger partial charge on any atom is 0.396 e. The summed E-state index contributed by atoms with van der Waals surface area (Å²) in [5.41, 5.74) is 0.464. The van der Waals surface area contributed by atoms with Crippen molar-refractivity contribution < 1.29 is 32.9 Å². The number of aliphatic carboxylic acids is 1. The third-order valence-corrected chi connectivity index (χ3v) is 3.49. The van der Waals surface area contributed by atoms with Crippen LogP contribution < -0.4 is 4.74 Å². The summed E-state index contributed by atoms with van der Waals surface area (Å²) in [5, 5.41) is 18.1. The minimum Gasteiger partial charge on any atom is -0.488 e. The van der Waals surface area contributed by atoms with E-state index in [1.54, 1.807) is 0 Å². The first-order chi connectivity index (χ1) is 10.2. The van der Waals surface area contributed by atoms with Crippen LogP contribution in [0.25, 0.3) is 6.08 Å². The Kier molecular flexibility index (Phi) is 4.67. The number of carboxylic acids is 1. The molecule has 8 heteroatoms. The Morgan fingerprint density at radius 3 is 2.64 bits per heavy atom. The minimum absolute atomic E-state index is 0.187. The Balaban J connectivity index is 2.45. The highest BCUT2D eigenvalue weighted by molar-refractivity contribution is 6.30. The zero-order valence-electron chi connectivity index (χ0n) is 11.2. The number of carboxylic acid groups (broad SMARTS) is 1. The van der Waals surface area contributed by atoms with Crippen LogP contribution in [0, 0.1) is 5.92 Å². The average Bonchev–Trinajstić information content (AvgIpc) is 2.41. The fourth-order valence-corrected chi connectivity index (χ4v) is 2.55. The molecule has 1 aliphatic rings. The highest BCUT2D eigenvalue weighted by Crippen LogP contribution is 2.40. The van der Waals surface area contributed by atoms with E-state index >= 15 is 0 Å². The third-order valence-electron chi connectivity index (χ3n) is 3.28. The van der Waals surface area contributed by atoms with E-state index in [1.165, 1.54) is 18.2 Å². The number of fused-ring (bicyclic) bond motifs is 1. The molecular formula is C14H12ClF3O4. The van der Waals surface area contributed by atoms with E-state index in [4.69, 9.17) is 21.4 Å². The fraction of sp³-hybridized carbons (Fsp3) is 0.357. The topological polar surface area (TPSA) is 66.8 Å². The van der Waals surface area contributed by atoms with Crippen LogP contribution in [0.3, 0.4) is 0 Å². The van der Waals surface area contributed by atoms with Gasteiger partial charge in [-0.25, -0.2) is 0 Å². The second-order valence-corrected chi connectivity index (χ2v) is 5.28. The molecule has 1 unspecified atom stereocenters. The van der Waals surface area contributed by atoms with Gasteiger partial charge >= 0.3 is 12.1 Å². The molecule has 0 spiro atoms. The van der Waals surface area contributed by atoms with Gasteiger partial charge in [0.05, 0.1) is 18.9 Å². The summed E-state index contributed by atoms with van der Waals surface area (Å²) in [6.07, 6.45) is -4.53. The number of rotatable bonds is 4. The number of hydrogen-bond acceptors (Lipinski definition) is 3. The average molecular weight is 337 g/mol. The number of carbonyl (C=O) groups is 1. The van der Waals surface area contributed by atoms with Gasteiger partial charge in [-0.2, -0.15) is 13.2 Å². The van der Waals surface area contributed by atoms with E-state index in [0.717, 1.165) is 0 Å². The molecule has 1 aliphatic heterocycles. The largest absolute Gasteiger partial charge is 0.488 e. The molecule has 0 radical (unpaired) electrons. The minimum atomic E-state index is -4.69. The van der Waals surface area contributed by atoms with Gasteiger partial charge in [0.25, 0.3) is 0 Å². The summed E-state index contributed by atoms with van der Waals surface area (Å²) in [4.78, 5) is 10.7. The van der Waals surface area contributed by atoms with Gasteiger partial charge in [0.1, 0.15) is 12.4 Å². The predicted octanol–water partition coefficient (Wildman–Crippen LogP) is 3.26. The Hall–Kier alpha value is -1.73. The zero-order valence-corrected chi connectivity index (χ0v) is 11.9. The number of benzene rings is 1. The van der Waals surface area contributed by atoms with Crippen molar-refractivity contribution in [1.82, 2.24) is 0 Å². The van der Waals surface area contributed by atoms with Gasteiger partial charge in [-0.05, 0) is 23.8 Å². The number of halogens is 4. The Labute approximate surface area is 128 Å². The Bertz CT molecular complexity index is 625. The van der Waals surface area contributed by atoms with Crippen LogP contribution in [-0.4, -0.2) is 29.0 Å². The van der Waals surface area contributed by atoms with Crippen molar-refractivity contribution in [2.45, 2.75) is 19.2 Å². The van der Waals surface area contributed by atoms with E-state index in [1.807, 2.05) is 0 Å². The lowest BCUT2D eigenvalue weighted by Crippen LogP contribution is -2.30. The number of alkyl halides is 3. The van der Waals surface area contributed by atoms with Crippen LogP contribution in [0.15, 0.2) is 17.7 Å². The van der Waals surface area contributed by atoms with Crippen molar-refractivity contribution in [3.05, 3.63) is 33.9 Å². The van der Waals surface area contributed by atoms with Crippen LogP contribution in [0.2, 0.25) is 5.02 Å². The number of aliphatic hydroxyl groups excluding tert-OH is 1. The molecule has 0 aliphatic carbocycles. The fourth-order valence-electron chi connectivity index (χ4n) is 2.30. The maximum absolute atomic E-state index is 13.0. The van der Waals surface area contributed by atoms with Gasteiger partial charge in [-0.15, -0.1) is 0 Å². The van der Waals surface area contributed by atoms with Crippen molar-refractivity contribution in [3.8, 4) is 5.75 Å². The van der Waals surface area contributed by atoms with Crippen LogP contribution in [0.4, 0.5) is 13.2 Å². The Morgan fingerprint density at radius 1 is 1.41 bits per heavy atom. The third kappa shape index (κ3) is 3.53. The summed E-state index contributed by atoms with van der Waals surface area (Å²) in [6.45, 7) is -0.761. The van der Waals surface area contributed by atoms with Gasteiger partial charge in [-0.1, -0.05) is 11.6 Å². The molecule has 2 N–H and O–H groups in total. The van der Waals surface area contributed by atoms with Gasteiger partial charge in [0.15, 0.2) is 0 Å². The highest BCUT2D eigenvalue weighted by Gasteiger charge is 2.44. The summed E-state index contributed by atoms with van der Waals surface area (Å²) < 4.78 is 44.4. The molecule has 22 heavy (non-hydrogen) atoms. The number of ether oxygens (including phenoxy) is 1. The lowest BCUT2D eigenvalue weighted by atomic mass is 9.91. The molecule has 0 bridgehead atoms.